The van der Waals surface area contributed by atoms with Crippen LogP contribution in [0, 0.1) is 17.3 Å². The summed E-state index contributed by atoms with van der Waals surface area (Å²) in [7, 11) is 0. The monoisotopic (exact) mass is 395 g/mol. The Labute approximate surface area is 168 Å². The van der Waals surface area contributed by atoms with Gasteiger partial charge in [-0.1, -0.05) is 70.9 Å². The van der Waals surface area contributed by atoms with E-state index in [1.165, 1.54) is 32.1 Å². The summed E-state index contributed by atoms with van der Waals surface area (Å²) in [6, 6.07) is 0. The maximum Gasteiger partial charge on any atom is 0.307 e. The van der Waals surface area contributed by atoms with Gasteiger partial charge in [-0.25, -0.2) is 0 Å². The molecular weight excluding hydrogens is 358 g/mol. The van der Waals surface area contributed by atoms with Gasteiger partial charge in [0, 0.05) is 6.54 Å². The number of hydrogen-bond acceptors (Lipinski definition) is 6. The lowest BCUT2D eigenvalue weighted by Crippen LogP contribution is -2.34. The summed E-state index contributed by atoms with van der Waals surface area (Å²) in [5.41, 5.74) is -0.412. The predicted molar refractivity (Wildman–Crippen MR) is 107 cm³/mol. The number of carboxylic acids is 1. The van der Waals surface area contributed by atoms with Gasteiger partial charge in [-0.2, -0.15) is 4.98 Å². The second-order valence-electron chi connectivity index (χ2n) is 9.17. The van der Waals surface area contributed by atoms with E-state index >= 15 is 0 Å². The van der Waals surface area contributed by atoms with Gasteiger partial charge in [-0.3, -0.25) is 4.79 Å². The van der Waals surface area contributed by atoms with Gasteiger partial charge < -0.3 is 20.1 Å². The average Bonchev–Trinajstić information content (AvgIpc) is 3.09. The molecule has 0 aromatic carbocycles. The largest absolute Gasteiger partial charge is 0.481 e. The Morgan fingerprint density at radius 3 is 2.61 bits per heavy atom. The van der Waals surface area contributed by atoms with E-state index in [0.29, 0.717) is 24.8 Å². The number of rotatable bonds is 11. The van der Waals surface area contributed by atoms with Crippen molar-refractivity contribution >= 4 is 5.97 Å². The standard InChI is InChI=1S/C21H37N3O4/c1-21(2,3)18(20(26)27)16(11-7-10-15-8-5-4-6-9-15)19-23-17(24-28-19)14-22-12-13-25/h15-16,18,22,25H,4-14H2,1-3H3,(H,26,27)/t16-,18?/m1/s1. The van der Waals surface area contributed by atoms with E-state index in [-0.39, 0.29) is 12.5 Å². The van der Waals surface area contributed by atoms with Crippen molar-refractivity contribution in [3.05, 3.63) is 11.7 Å². The van der Waals surface area contributed by atoms with Gasteiger partial charge in [0.2, 0.25) is 5.89 Å². The lowest BCUT2D eigenvalue weighted by Gasteiger charge is -2.32. The molecule has 0 amide bonds. The molecule has 1 aliphatic carbocycles. The number of aliphatic hydroxyl groups excluding tert-OH is 1. The van der Waals surface area contributed by atoms with E-state index in [1.54, 1.807) is 0 Å². The molecule has 0 spiro atoms. The van der Waals surface area contributed by atoms with Crippen molar-refractivity contribution < 1.29 is 19.5 Å². The first kappa shape index (κ1) is 22.8. The topological polar surface area (TPSA) is 108 Å². The van der Waals surface area contributed by atoms with E-state index in [9.17, 15) is 9.90 Å². The third kappa shape index (κ3) is 6.85. The molecule has 0 bridgehead atoms. The third-order valence-electron chi connectivity index (χ3n) is 5.83. The van der Waals surface area contributed by atoms with Crippen molar-refractivity contribution in [2.75, 3.05) is 13.2 Å². The Hall–Kier alpha value is -1.47. The molecule has 1 saturated carbocycles. The molecule has 1 fully saturated rings. The fraction of sp³-hybridized carbons (Fsp3) is 0.857. The number of nitrogens with zero attached hydrogens (tertiary/aromatic N) is 2. The first-order chi connectivity index (χ1) is 13.3. The molecule has 1 aromatic rings. The van der Waals surface area contributed by atoms with E-state index in [0.717, 1.165) is 25.2 Å². The molecule has 1 aromatic heterocycles. The number of aliphatic carboxylic acids is 1. The van der Waals surface area contributed by atoms with Crippen molar-refractivity contribution in [2.24, 2.45) is 17.3 Å². The van der Waals surface area contributed by atoms with Crippen LogP contribution in [0.15, 0.2) is 4.52 Å². The highest BCUT2D eigenvalue weighted by atomic mass is 16.5. The summed E-state index contributed by atoms with van der Waals surface area (Å²) in [6.07, 6.45) is 9.46. The molecule has 2 rings (SSSR count). The molecule has 0 radical (unpaired) electrons. The first-order valence-corrected chi connectivity index (χ1v) is 10.7. The van der Waals surface area contributed by atoms with E-state index in [1.807, 2.05) is 20.8 Å². The zero-order valence-electron chi connectivity index (χ0n) is 17.6. The lowest BCUT2D eigenvalue weighted by molar-refractivity contribution is -0.147. The number of aromatic nitrogens is 2. The number of hydrogen-bond donors (Lipinski definition) is 3. The third-order valence-corrected chi connectivity index (χ3v) is 5.83. The maximum absolute atomic E-state index is 12.1. The normalized spacial score (nSPS) is 18.1. The zero-order valence-corrected chi connectivity index (χ0v) is 17.6. The van der Waals surface area contributed by atoms with Gasteiger partial charge in [-0.15, -0.1) is 0 Å². The lowest BCUT2D eigenvalue weighted by atomic mass is 9.71. The van der Waals surface area contributed by atoms with E-state index < -0.39 is 17.3 Å². The van der Waals surface area contributed by atoms with Crippen LogP contribution in [-0.4, -0.2) is 39.5 Å². The second kappa shape index (κ2) is 10.9. The molecule has 7 nitrogen and oxygen atoms in total. The number of nitrogens with one attached hydrogen (secondary N) is 1. The minimum Gasteiger partial charge on any atom is -0.481 e. The molecule has 28 heavy (non-hydrogen) atoms. The highest BCUT2D eigenvalue weighted by Gasteiger charge is 2.41. The van der Waals surface area contributed by atoms with Crippen LogP contribution in [0.3, 0.4) is 0 Å². The van der Waals surface area contributed by atoms with Crippen LogP contribution in [0.25, 0.3) is 0 Å². The van der Waals surface area contributed by atoms with Gasteiger partial charge in [-0.05, 0) is 17.8 Å². The van der Waals surface area contributed by atoms with Gasteiger partial charge in [0.05, 0.1) is 25.0 Å². The van der Waals surface area contributed by atoms with Crippen molar-refractivity contribution in [3.63, 3.8) is 0 Å². The first-order valence-electron chi connectivity index (χ1n) is 10.7. The smallest absolute Gasteiger partial charge is 0.307 e. The van der Waals surface area contributed by atoms with Crippen LogP contribution < -0.4 is 5.32 Å². The van der Waals surface area contributed by atoms with Gasteiger partial charge >= 0.3 is 5.97 Å². The molecule has 0 aliphatic heterocycles. The quantitative estimate of drug-likeness (QED) is 0.490. The summed E-state index contributed by atoms with van der Waals surface area (Å²) in [6.45, 7) is 6.76. The Morgan fingerprint density at radius 1 is 1.29 bits per heavy atom. The van der Waals surface area contributed by atoms with Crippen LogP contribution in [0.4, 0.5) is 0 Å². The second-order valence-corrected chi connectivity index (χ2v) is 9.17. The Balaban J connectivity index is 2.09. The molecule has 7 heteroatoms. The van der Waals surface area contributed by atoms with Crippen LogP contribution >= 0.6 is 0 Å². The van der Waals surface area contributed by atoms with Crippen LogP contribution in [0.2, 0.25) is 0 Å². The number of carbonyl (C=O) groups is 1. The summed E-state index contributed by atoms with van der Waals surface area (Å²) < 4.78 is 5.50. The minimum atomic E-state index is -0.812. The number of aliphatic hydroxyl groups is 1. The Bertz CT molecular complexity index is 591. The van der Waals surface area contributed by atoms with Crippen LogP contribution in [0.5, 0.6) is 0 Å². The van der Waals surface area contributed by atoms with Crippen LogP contribution in [0.1, 0.15) is 89.8 Å². The molecule has 1 aliphatic rings. The summed E-state index contributed by atoms with van der Waals surface area (Å²) in [4.78, 5) is 16.6. The van der Waals surface area contributed by atoms with Gasteiger partial charge in [0.1, 0.15) is 0 Å². The highest BCUT2D eigenvalue weighted by molar-refractivity contribution is 5.72. The van der Waals surface area contributed by atoms with Crippen molar-refractivity contribution in [3.8, 4) is 0 Å². The van der Waals surface area contributed by atoms with E-state index in [2.05, 4.69) is 15.5 Å². The SMILES string of the molecule is CC(C)(C)C(C(=O)O)[C@@H](CCCC1CCCCC1)c1nc(CNCCO)no1. The van der Waals surface area contributed by atoms with Crippen molar-refractivity contribution in [2.45, 2.75) is 84.6 Å². The summed E-state index contributed by atoms with van der Waals surface area (Å²) >= 11 is 0. The van der Waals surface area contributed by atoms with Crippen molar-refractivity contribution in [1.82, 2.24) is 15.5 Å². The van der Waals surface area contributed by atoms with Crippen molar-refractivity contribution in [1.29, 1.82) is 0 Å². The Kier molecular flexibility index (Phi) is 8.89. The minimum absolute atomic E-state index is 0.0413. The number of carboxylic acid groups (broad SMARTS) is 1. The molecule has 1 heterocycles. The predicted octanol–water partition coefficient (Wildman–Crippen LogP) is 3.73. The van der Waals surface area contributed by atoms with Gasteiger partial charge in [0.15, 0.2) is 5.82 Å². The fourth-order valence-electron chi connectivity index (χ4n) is 4.45. The fourth-order valence-corrected chi connectivity index (χ4v) is 4.45. The molecule has 1 unspecified atom stereocenters. The summed E-state index contributed by atoms with van der Waals surface area (Å²) in [5, 5.41) is 25.8. The molecule has 2 atom stereocenters. The molecule has 160 valence electrons. The Morgan fingerprint density at radius 2 is 2.00 bits per heavy atom. The average molecular weight is 396 g/mol. The van der Waals surface area contributed by atoms with E-state index in [4.69, 9.17) is 9.63 Å². The molecular formula is C21H37N3O4. The summed E-state index contributed by atoms with van der Waals surface area (Å²) in [5.74, 6) is 0.00449. The molecule has 3 N–H and O–H groups in total. The highest BCUT2D eigenvalue weighted by Crippen LogP contribution is 2.41. The maximum atomic E-state index is 12.1. The zero-order chi connectivity index (χ0) is 20.6. The van der Waals surface area contributed by atoms with Crippen LogP contribution in [-0.2, 0) is 11.3 Å². The molecule has 0 saturated heterocycles. The van der Waals surface area contributed by atoms with Gasteiger partial charge in [0.25, 0.3) is 0 Å².